The van der Waals surface area contributed by atoms with E-state index in [9.17, 15) is 14.4 Å². The van der Waals surface area contributed by atoms with E-state index in [-0.39, 0.29) is 24.4 Å². The summed E-state index contributed by atoms with van der Waals surface area (Å²) in [6.07, 6.45) is 4.02. The van der Waals surface area contributed by atoms with Crippen LogP contribution in [-0.2, 0) is 16.1 Å². The second-order valence-electron chi connectivity index (χ2n) is 5.24. The summed E-state index contributed by atoms with van der Waals surface area (Å²) in [5.41, 5.74) is 0.624. The minimum absolute atomic E-state index is 0.0604. The van der Waals surface area contributed by atoms with Crippen LogP contribution < -0.4 is 10.9 Å². The fourth-order valence-corrected chi connectivity index (χ4v) is 2.27. The van der Waals surface area contributed by atoms with Crippen molar-refractivity contribution in [1.29, 1.82) is 0 Å². The summed E-state index contributed by atoms with van der Waals surface area (Å²) in [5.74, 6) is -1.32. The number of carbonyl (C=O) groups excluding carboxylic acids is 1. The van der Waals surface area contributed by atoms with Crippen molar-refractivity contribution in [3.05, 3.63) is 40.9 Å². The predicted octanol–water partition coefficient (Wildman–Crippen LogP) is 1.16. The Hall–Kier alpha value is -2.70. The van der Waals surface area contributed by atoms with E-state index in [0.29, 0.717) is 23.9 Å². The smallest absolute Gasteiger partial charge is 0.322 e. The molecule has 0 radical (unpaired) electrons. The van der Waals surface area contributed by atoms with Gasteiger partial charge in [-0.25, -0.2) is 4.98 Å². The number of hydrogen-bond donors (Lipinski definition) is 2. The summed E-state index contributed by atoms with van der Waals surface area (Å²) >= 11 is 0. The molecule has 2 N–H and O–H groups in total. The van der Waals surface area contributed by atoms with E-state index in [0.717, 1.165) is 12.8 Å². The number of aliphatic carboxylic acids is 1. The predicted molar refractivity (Wildman–Crippen MR) is 85.1 cm³/mol. The molecule has 23 heavy (non-hydrogen) atoms. The first-order valence-electron chi connectivity index (χ1n) is 7.50. The molecule has 0 fully saturated rings. The van der Waals surface area contributed by atoms with Crippen molar-refractivity contribution in [3.8, 4) is 0 Å². The second-order valence-corrected chi connectivity index (χ2v) is 5.24. The van der Waals surface area contributed by atoms with Gasteiger partial charge in [0, 0.05) is 13.0 Å². The highest BCUT2D eigenvalue weighted by atomic mass is 16.4. The average Bonchev–Trinajstić information content (AvgIpc) is 2.54. The van der Waals surface area contributed by atoms with Gasteiger partial charge in [-0.3, -0.25) is 19.0 Å². The Kier molecular flexibility index (Phi) is 5.85. The summed E-state index contributed by atoms with van der Waals surface area (Å²) in [4.78, 5) is 38.2. The zero-order valence-electron chi connectivity index (χ0n) is 12.7. The molecule has 7 heteroatoms. The van der Waals surface area contributed by atoms with E-state index < -0.39 is 5.97 Å². The van der Waals surface area contributed by atoms with Crippen molar-refractivity contribution in [2.75, 3.05) is 6.54 Å². The van der Waals surface area contributed by atoms with Gasteiger partial charge in [0.1, 0.15) is 6.54 Å². The molecule has 0 saturated heterocycles. The van der Waals surface area contributed by atoms with Gasteiger partial charge in [-0.2, -0.15) is 0 Å². The molecular formula is C16H19N3O4. The Morgan fingerprint density at radius 1 is 1.17 bits per heavy atom. The summed E-state index contributed by atoms with van der Waals surface area (Å²) in [7, 11) is 0. The number of carboxylic acids is 1. The van der Waals surface area contributed by atoms with Crippen LogP contribution in [0.2, 0.25) is 0 Å². The van der Waals surface area contributed by atoms with E-state index in [4.69, 9.17) is 5.11 Å². The van der Waals surface area contributed by atoms with E-state index in [1.807, 2.05) is 12.1 Å². The standard InChI is InChI=1S/C16H19N3O4/c20-14(17-10-15(21)22)8-2-1-5-9-19-11-18-13-7-4-3-6-12(13)16(19)23/h3-4,6-7,11H,1-2,5,8-10H2,(H,17,20)(H,21,22). The number of nitrogens with one attached hydrogen (secondary N) is 1. The van der Waals surface area contributed by atoms with Crippen molar-refractivity contribution in [2.45, 2.75) is 32.2 Å². The largest absolute Gasteiger partial charge is 0.480 e. The normalized spacial score (nSPS) is 10.6. The summed E-state index contributed by atoms with van der Waals surface area (Å²) in [6.45, 7) is 0.199. The lowest BCUT2D eigenvalue weighted by Gasteiger charge is -2.06. The highest BCUT2D eigenvalue weighted by Gasteiger charge is 2.05. The Morgan fingerprint density at radius 2 is 1.96 bits per heavy atom. The van der Waals surface area contributed by atoms with Gasteiger partial charge in [0.15, 0.2) is 0 Å². The van der Waals surface area contributed by atoms with Crippen LogP contribution in [0.5, 0.6) is 0 Å². The SMILES string of the molecule is O=C(O)CNC(=O)CCCCCn1cnc2ccccc2c1=O. The molecule has 0 saturated carbocycles. The van der Waals surface area contributed by atoms with Gasteiger partial charge in [-0.15, -0.1) is 0 Å². The molecule has 0 aliphatic rings. The van der Waals surface area contributed by atoms with Crippen LogP contribution in [0.15, 0.2) is 35.4 Å². The first-order chi connectivity index (χ1) is 11.1. The lowest BCUT2D eigenvalue weighted by atomic mass is 10.2. The lowest BCUT2D eigenvalue weighted by Crippen LogP contribution is -2.28. The molecule has 1 heterocycles. The van der Waals surface area contributed by atoms with Gasteiger partial charge in [0.25, 0.3) is 5.56 Å². The maximum absolute atomic E-state index is 12.3. The number of amides is 1. The number of benzene rings is 1. The van der Waals surface area contributed by atoms with E-state index in [1.165, 1.54) is 0 Å². The number of aryl methyl sites for hydroxylation is 1. The van der Waals surface area contributed by atoms with Crippen LogP contribution in [0, 0.1) is 0 Å². The molecule has 0 atom stereocenters. The Balaban J connectivity index is 1.77. The third kappa shape index (κ3) is 4.91. The number of para-hydroxylation sites is 1. The molecule has 2 aromatic rings. The molecule has 2 rings (SSSR count). The average molecular weight is 317 g/mol. The highest BCUT2D eigenvalue weighted by molar-refractivity contribution is 5.81. The van der Waals surface area contributed by atoms with Gasteiger partial charge >= 0.3 is 5.97 Å². The quantitative estimate of drug-likeness (QED) is 0.711. The van der Waals surface area contributed by atoms with Crippen molar-refractivity contribution in [3.63, 3.8) is 0 Å². The topological polar surface area (TPSA) is 101 Å². The summed E-state index contributed by atoms with van der Waals surface area (Å²) in [6, 6.07) is 7.21. The van der Waals surface area contributed by atoms with Gasteiger partial charge in [0.05, 0.1) is 17.2 Å². The number of carbonyl (C=O) groups is 2. The van der Waals surface area contributed by atoms with Crippen LogP contribution in [0.4, 0.5) is 0 Å². The molecule has 0 aliphatic carbocycles. The molecule has 122 valence electrons. The van der Waals surface area contributed by atoms with Crippen LogP contribution >= 0.6 is 0 Å². The summed E-state index contributed by atoms with van der Waals surface area (Å²) in [5, 5.41) is 11.4. The van der Waals surface area contributed by atoms with Crippen molar-refractivity contribution in [2.24, 2.45) is 0 Å². The van der Waals surface area contributed by atoms with E-state index >= 15 is 0 Å². The third-order valence-corrected chi connectivity index (χ3v) is 3.47. The zero-order chi connectivity index (χ0) is 16.7. The number of hydrogen-bond acceptors (Lipinski definition) is 4. The van der Waals surface area contributed by atoms with Gasteiger partial charge in [-0.05, 0) is 25.0 Å². The number of fused-ring (bicyclic) bond motifs is 1. The maximum Gasteiger partial charge on any atom is 0.322 e. The first-order valence-corrected chi connectivity index (χ1v) is 7.50. The molecule has 0 bridgehead atoms. The first kappa shape index (κ1) is 16.7. The van der Waals surface area contributed by atoms with Crippen molar-refractivity contribution in [1.82, 2.24) is 14.9 Å². The highest BCUT2D eigenvalue weighted by Crippen LogP contribution is 2.06. The van der Waals surface area contributed by atoms with E-state index in [2.05, 4.69) is 10.3 Å². The molecule has 1 aromatic carbocycles. The maximum atomic E-state index is 12.3. The Morgan fingerprint density at radius 3 is 2.74 bits per heavy atom. The van der Waals surface area contributed by atoms with Crippen LogP contribution in [0.25, 0.3) is 10.9 Å². The zero-order valence-corrected chi connectivity index (χ0v) is 12.7. The fraction of sp³-hybridized carbons (Fsp3) is 0.375. The Bertz CT molecular complexity index is 754. The Labute approximate surface area is 133 Å². The summed E-state index contributed by atoms with van der Waals surface area (Å²) < 4.78 is 1.58. The number of nitrogens with zero attached hydrogens (tertiary/aromatic N) is 2. The third-order valence-electron chi connectivity index (χ3n) is 3.47. The number of aromatic nitrogens is 2. The lowest BCUT2D eigenvalue weighted by molar-refractivity contribution is -0.137. The molecule has 1 aromatic heterocycles. The fourth-order valence-electron chi connectivity index (χ4n) is 2.27. The second kappa shape index (κ2) is 8.07. The molecule has 7 nitrogen and oxygen atoms in total. The molecule has 0 aliphatic heterocycles. The number of rotatable bonds is 8. The van der Waals surface area contributed by atoms with Gasteiger partial charge in [-0.1, -0.05) is 18.6 Å². The molecule has 0 unspecified atom stereocenters. The molecule has 0 spiro atoms. The van der Waals surface area contributed by atoms with Crippen molar-refractivity contribution < 1.29 is 14.7 Å². The van der Waals surface area contributed by atoms with Gasteiger partial charge in [0.2, 0.25) is 5.91 Å². The van der Waals surface area contributed by atoms with Crippen molar-refractivity contribution >= 4 is 22.8 Å². The van der Waals surface area contributed by atoms with E-state index in [1.54, 1.807) is 23.0 Å². The van der Waals surface area contributed by atoms with Crippen LogP contribution in [0.3, 0.4) is 0 Å². The molecular weight excluding hydrogens is 298 g/mol. The monoisotopic (exact) mass is 317 g/mol. The minimum Gasteiger partial charge on any atom is -0.480 e. The number of carboxylic acid groups (broad SMARTS) is 1. The molecule has 1 amide bonds. The number of unbranched alkanes of at least 4 members (excludes halogenated alkanes) is 2. The van der Waals surface area contributed by atoms with Crippen LogP contribution in [-0.4, -0.2) is 33.1 Å². The minimum atomic E-state index is -1.05. The van der Waals surface area contributed by atoms with Gasteiger partial charge < -0.3 is 10.4 Å². The van der Waals surface area contributed by atoms with Crippen LogP contribution in [0.1, 0.15) is 25.7 Å².